The van der Waals surface area contributed by atoms with Crippen LogP contribution in [0.3, 0.4) is 0 Å². The number of thioether (sulfide) groups is 1. The van der Waals surface area contributed by atoms with Crippen LogP contribution in [0.4, 0.5) is 11.4 Å². The topological polar surface area (TPSA) is 50.1 Å². The molecule has 1 aliphatic heterocycles. The third-order valence-corrected chi connectivity index (χ3v) is 6.24. The van der Waals surface area contributed by atoms with E-state index in [1.807, 2.05) is 75.8 Å². The van der Waals surface area contributed by atoms with Gasteiger partial charge in [-0.25, -0.2) is 4.99 Å². The molecule has 1 saturated heterocycles. The van der Waals surface area contributed by atoms with E-state index >= 15 is 0 Å². The van der Waals surface area contributed by atoms with Gasteiger partial charge in [0.15, 0.2) is 5.17 Å². The number of anilines is 1. The lowest BCUT2D eigenvalue weighted by molar-refractivity contribution is -0.122. The minimum Gasteiger partial charge on any atom is -0.380 e. The number of carbonyl (C=O) groups is 1. The van der Waals surface area contributed by atoms with Crippen LogP contribution in [-0.4, -0.2) is 54.4 Å². The summed E-state index contributed by atoms with van der Waals surface area (Å²) >= 11 is 1.40. The van der Waals surface area contributed by atoms with Crippen LogP contribution in [0, 0.1) is 0 Å². The number of nitrogens with zero attached hydrogens (tertiary/aromatic N) is 4. The maximum absolute atomic E-state index is 13.3. The highest BCUT2D eigenvalue weighted by Crippen LogP contribution is 2.34. The molecule has 0 atom stereocenters. The molecule has 1 aromatic heterocycles. The van der Waals surface area contributed by atoms with Crippen molar-refractivity contribution >= 4 is 40.3 Å². The molecule has 2 aromatic carbocycles. The first-order valence-corrected chi connectivity index (χ1v) is 11.8. The Morgan fingerprint density at radius 3 is 2.48 bits per heavy atom. The first kappa shape index (κ1) is 22.9. The molecule has 0 unspecified atom stereocenters. The monoisotopic (exact) mass is 460 g/mol. The zero-order valence-electron chi connectivity index (χ0n) is 19.1. The maximum Gasteiger partial charge on any atom is 0.266 e. The van der Waals surface area contributed by atoms with Crippen LogP contribution in [-0.2, 0) is 9.53 Å². The summed E-state index contributed by atoms with van der Waals surface area (Å²) in [4.78, 5) is 22.4. The van der Waals surface area contributed by atoms with Crippen molar-refractivity contribution in [2.24, 2.45) is 4.99 Å². The van der Waals surface area contributed by atoms with Gasteiger partial charge in [-0.2, -0.15) is 0 Å². The fourth-order valence-corrected chi connectivity index (χ4v) is 4.50. The predicted octanol–water partition coefficient (Wildman–Crippen LogP) is 5.18. The van der Waals surface area contributed by atoms with E-state index in [0.29, 0.717) is 29.8 Å². The summed E-state index contributed by atoms with van der Waals surface area (Å²) in [7, 11) is 4.05. The summed E-state index contributed by atoms with van der Waals surface area (Å²) in [5.74, 6) is -0.0508. The number of hydrogen-bond donors (Lipinski definition) is 0. The quantitative estimate of drug-likeness (QED) is 0.343. The second kappa shape index (κ2) is 10.6. The molecule has 0 N–H and O–H groups in total. The Labute approximate surface area is 199 Å². The number of para-hydroxylation sites is 1. The molecule has 0 spiro atoms. The molecule has 170 valence electrons. The maximum atomic E-state index is 13.3. The largest absolute Gasteiger partial charge is 0.380 e. The van der Waals surface area contributed by atoms with Gasteiger partial charge in [-0.1, -0.05) is 18.2 Å². The molecule has 1 amide bonds. The zero-order chi connectivity index (χ0) is 23.2. The highest BCUT2D eigenvalue weighted by atomic mass is 32.2. The second-order valence-electron chi connectivity index (χ2n) is 7.71. The molecule has 0 saturated carbocycles. The van der Waals surface area contributed by atoms with Gasteiger partial charge in [-0.3, -0.25) is 9.69 Å². The van der Waals surface area contributed by atoms with Gasteiger partial charge in [-0.15, -0.1) is 0 Å². The SMILES string of the molecule is CCOCCN1C(=O)/C(=C/c2cccn2-c2ccc(N(C)C)cc2)SC1=Nc1ccccc1. The van der Waals surface area contributed by atoms with Crippen molar-refractivity contribution in [3.63, 3.8) is 0 Å². The van der Waals surface area contributed by atoms with E-state index in [9.17, 15) is 4.79 Å². The second-order valence-corrected chi connectivity index (χ2v) is 8.72. The Kier molecular flexibility index (Phi) is 7.32. The zero-order valence-corrected chi connectivity index (χ0v) is 20.0. The van der Waals surface area contributed by atoms with E-state index in [4.69, 9.17) is 9.73 Å². The van der Waals surface area contributed by atoms with Crippen molar-refractivity contribution in [2.45, 2.75) is 6.92 Å². The number of aliphatic imine (C=N–C) groups is 1. The molecule has 4 rings (SSSR count). The van der Waals surface area contributed by atoms with E-state index in [0.717, 1.165) is 22.8 Å². The normalized spacial score (nSPS) is 16.2. The van der Waals surface area contributed by atoms with E-state index in [2.05, 4.69) is 33.7 Å². The molecule has 3 aromatic rings. The van der Waals surface area contributed by atoms with Crippen molar-refractivity contribution in [2.75, 3.05) is 38.8 Å². The molecular formula is C26H28N4O2S. The van der Waals surface area contributed by atoms with Crippen LogP contribution in [0.2, 0.25) is 0 Å². The molecule has 1 aliphatic rings. The Morgan fingerprint density at radius 2 is 1.79 bits per heavy atom. The first-order chi connectivity index (χ1) is 16.1. The minimum absolute atomic E-state index is 0.0508. The van der Waals surface area contributed by atoms with Crippen LogP contribution in [0.1, 0.15) is 12.6 Å². The fourth-order valence-electron chi connectivity index (χ4n) is 3.49. The Hall–Kier alpha value is -3.29. The average Bonchev–Trinajstić information content (AvgIpc) is 3.40. The summed E-state index contributed by atoms with van der Waals surface area (Å²) in [6.45, 7) is 3.50. The lowest BCUT2D eigenvalue weighted by Gasteiger charge is -2.15. The number of amides is 1. The number of benzene rings is 2. The number of aromatic nitrogens is 1. The number of rotatable bonds is 8. The van der Waals surface area contributed by atoms with Gasteiger partial charge in [0.1, 0.15) is 0 Å². The van der Waals surface area contributed by atoms with Gasteiger partial charge in [0.05, 0.1) is 23.7 Å². The molecule has 6 nitrogen and oxygen atoms in total. The number of carbonyl (C=O) groups excluding carboxylic acids is 1. The minimum atomic E-state index is -0.0508. The van der Waals surface area contributed by atoms with E-state index in [-0.39, 0.29) is 5.91 Å². The molecule has 0 radical (unpaired) electrons. The average molecular weight is 461 g/mol. The lowest BCUT2D eigenvalue weighted by atomic mass is 10.2. The summed E-state index contributed by atoms with van der Waals surface area (Å²) < 4.78 is 7.58. The molecule has 2 heterocycles. The van der Waals surface area contributed by atoms with Crippen molar-refractivity contribution in [3.8, 4) is 5.69 Å². The summed E-state index contributed by atoms with van der Waals surface area (Å²) in [5.41, 5.74) is 3.94. The van der Waals surface area contributed by atoms with Crippen LogP contribution >= 0.6 is 11.8 Å². The highest BCUT2D eigenvalue weighted by molar-refractivity contribution is 8.18. The third kappa shape index (κ3) is 5.38. The Morgan fingerprint density at radius 1 is 1.03 bits per heavy atom. The molecule has 0 bridgehead atoms. The van der Waals surface area contributed by atoms with Crippen molar-refractivity contribution in [1.82, 2.24) is 9.47 Å². The van der Waals surface area contributed by atoms with Crippen molar-refractivity contribution in [1.29, 1.82) is 0 Å². The van der Waals surface area contributed by atoms with Crippen molar-refractivity contribution in [3.05, 3.63) is 83.5 Å². The van der Waals surface area contributed by atoms with Gasteiger partial charge >= 0.3 is 0 Å². The molecule has 33 heavy (non-hydrogen) atoms. The third-order valence-electron chi connectivity index (χ3n) is 5.24. The first-order valence-electron chi connectivity index (χ1n) is 10.9. The van der Waals surface area contributed by atoms with Gasteiger partial charge in [0.2, 0.25) is 0 Å². The van der Waals surface area contributed by atoms with Crippen molar-refractivity contribution < 1.29 is 9.53 Å². The molecule has 1 fully saturated rings. The highest BCUT2D eigenvalue weighted by Gasteiger charge is 2.33. The van der Waals surface area contributed by atoms with E-state index in [1.165, 1.54) is 11.8 Å². The number of hydrogen-bond acceptors (Lipinski definition) is 5. The van der Waals surface area contributed by atoms with E-state index < -0.39 is 0 Å². The molecular weight excluding hydrogens is 432 g/mol. The van der Waals surface area contributed by atoms with Gasteiger partial charge in [-0.05, 0) is 73.3 Å². The van der Waals surface area contributed by atoms with Crippen LogP contribution in [0.15, 0.2) is 82.8 Å². The Bertz CT molecular complexity index is 1150. The standard InChI is InChI=1S/C26H28N4O2S/c1-4-32-18-17-30-25(31)24(33-26(30)27-20-9-6-5-7-10-20)19-23-11-8-16-29(23)22-14-12-21(13-15-22)28(2)3/h5-16,19H,4,17-18H2,1-3H3/b24-19-,27-26?. The molecule has 0 aliphatic carbocycles. The van der Waals surface area contributed by atoms with Gasteiger partial charge in [0.25, 0.3) is 5.91 Å². The Balaban J connectivity index is 1.64. The fraction of sp³-hybridized carbons (Fsp3) is 0.231. The smallest absolute Gasteiger partial charge is 0.266 e. The van der Waals surface area contributed by atoms with Gasteiger partial charge in [0, 0.05) is 44.0 Å². The number of ether oxygens (including phenoxy) is 1. The van der Waals surface area contributed by atoms with E-state index in [1.54, 1.807) is 4.90 Å². The summed E-state index contributed by atoms with van der Waals surface area (Å²) in [6, 6.07) is 22.0. The predicted molar refractivity (Wildman–Crippen MR) is 137 cm³/mol. The van der Waals surface area contributed by atoms with Crippen LogP contribution < -0.4 is 4.90 Å². The van der Waals surface area contributed by atoms with Gasteiger partial charge < -0.3 is 14.2 Å². The summed E-state index contributed by atoms with van der Waals surface area (Å²) in [5, 5.41) is 0.672. The lowest BCUT2D eigenvalue weighted by Crippen LogP contribution is -2.32. The molecule has 7 heteroatoms. The van der Waals surface area contributed by atoms with Crippen LogP contribution in [0.5, 0.6) is 0 Å². The van der Waals surface area contributed by atoms with Crippen LogP contribution in [0.25, 0.3) is 11.8 Å². The number of amidine groups is 1. The summed E-state index contributed by atoms with van der Waals surface area (Å²) in [6.07, 6.45) is 3.95.